The zero-order chi connectivity index (χ0) is 11.7. The van der Waals surface area contributed by atoms with Crippen molar-refractivity contribution in [1.29, 1.82) is 0 Å². The summed E-state index contributed by atoms with van der Waals surface area (Å²) in [6.07, 6.45) is 2.43. The van der Waals surface area contributed by atoms with Gasteiger partial charge in [0.25, 0.3) is 0 Å². The third-order valence-electron chi connectivity index (χ3n) is 2.57. The number of carbonyl (C=O) groups excluding carboxylic acids is 1. The number of fused-ring (bicyclic) bond motifs is 1. The Balaban J connectivity index is 2.70. The summed E-state index contributed by atoms with van der Waals surface area (Å²) < 4.78 is 14.7. The highest BCUT2D eigenvalue weighted by molar-refractivity contribution is 6.02. The summed E-state index contributed by atoms with van der Waals surface area (Å²) in [4.78, 5) is 11.7. The number of hydrogen-bond acceptors (Lipinski definition) is 2. The van der Waals surface area contributed by atoms with E-state index in [1.54, 1.807) is 6.92 Å². The van der Waals surface area contributed by atoms with Crippen LogP contribution in [-0.2, 0) is 6.42 Å². The van der Waals surface area contributed by atoms with Crippen molar-refractivity contribution in [2.75, 3.05) is 0 Å². The van der Waals surface area contributed by atoms with Crippen LogP contribution in [0.2, 0.25) is 0 Å². The van der Waals surface area contributed by atoms with Crippen molar-refractivity contribution in [3.63, 3.8) is 0 Å². The molecule has 84 valence electrons. The summed E-state index contributed by atoms with van der Waals surface area (Å²) in [6.45, 7) is 3.74. The third-order valence-corrected chi connectivity index (χ3v) is 2.57. The van der Waals surface area contributed by atoms with Crippen LogP contribution in [0.15, 0.2) is 18.3 Å². The molecule has 0 N–H and O–H groups in total. The molecule has 2 aromatic rings. The fourth-order valence-corrected chi connectivity index (χ4v) is 1.70. The second-order valence-corrected chi connectivity index (χ2v) is 3.67. The van der Waals surface area contributed by atoms with Crippen molar-refractivity contribution in [3.8, 4) is 0 Å². The van der Waals surface area contributed by atoms with Gasteiger partial charge in [0.1, 0.15) is 5.82 Å². The molecule has 0 spiro atoms. The van der Waals surface area contributed by atoms with Crippen LogP contribution in [0.3, 0.4) is 0 Å². The van der Waals surface area contributed by atoms with Gasteiger partial charge in [-0.3, -0.25) is 4.79 Å². The van der Waals surface area contributed by atoms with E-state index in [4.69, 9.17) is 0 Å². The van der Waals surface area contributed by atoms with Crippen LogP contribution in [0.1, 0.15) is 36.3 Å². The molecular formula is C12H13FN2O. The molecule has 0 aliphatic carbocycles. The molecule has 3 nitrogen and oxygen atoms in total. The Hall–Kier alpha value is -1.71. The van der Waals surface area contributed by atoms with Gasteiger partial charge in [0.2, 0.25) is 0 Å². The van der Waals surface area contributed by atoms with Crippen LogP contribution in [0.25, 0.3) is 5.52 Å². The SMILES string of the molecule is CCC(=O)c1cc(F)cn2nc(CC)cc12. The third kappa shape index (κ3) is 1.71. The first-order chi connectivity index (χ1) is 7.65. The van der Waals surface area contributed by atoms with Crippen molar-refractivity contribution >= 4 is 11.3 Å². The number of pyridine rings is 1. The fourth-order valence-electron chi connectivity index (χ4n) is 1.70. The van der Waals surface area contributed by atoms with Gasteiger partial charge >= 0.3 is 0 Å². The first-order valence-corrected chi connectivity index (χ1v) is 5.36. The van der Waals surface area contributed by atoms with Gasteiger partial charge in [0.05, 0.1) is 17.4 Å². The van der Waals surface area contributed by atoms with Gasteiger partial charge in [-0.15, -0.1) is 0 Å². The molecule has 0 aliphatic rings. The Labute approximate surface area is 92.9 Å². The highest BCUT2D eigenvalue weighted by atomic mass is 19.1. The number of Topliss-reactive ketones (excluding diaryl/α,β-unsaturated/α-hetero) is 1. The standard InChI is InChI=1S/C12H13FN2O/c1-3-9-6-11-10(12(16)4-2)5-8(13)7-15(11)14-9/h5-7H,3-4H2,1-2H3. The summed E-state index contributed by atoms with van der Waals surface area (Å²) in [6, 6.07) is 3.12. The van der Waals surface area contributed by atoms with E-state index < -0.39 is 5.82 Å². The summed E-state index contributed by atoms with van der Waals surface area (Å²) in [5, 5.41) is 4.19. The van der Waals surface area contributed by atoms with Gasteiger partial charge in [0.15, 0.2) is 5.78 Å². The quantitative estimate of drug-likeness (QED) is 0.745. The monoisotopic (exact) mass is 220 g/mol. The molecule has 0 bridgehead atoms. The van der Waals surface area contributed by atoms with Gasteiger partial charge < -0.3 is 0 Å². The largest absolute Gasteiger partial charge is 0.294 e. The lowest BCUT2D eigenvalue weighted by Gasteiger charge is -2.01. The summed E-state index contributed by atoms with van der Waals surface area (Å²) in [7, 11) is 0. The minimum atomic E-state index is -0.435. The van der Waals surface area contributed by atoms with Crippen LogP contribution in [-0.4, -0.2) is 15.4 Å². The maximum atomic E-state index is 13.3. The number of aromatic nitrogens is 2. The number of carbonyl (C=O) groups is 1. The van der Waals surface area contributed by atoms with Crippen LogP contribution in [0.5, 0.6) is 0 Å². The number of halogens is 1. The highest BCUT2D eigenvalue weighted by Gasteiger charge is 2.12. The summed E-state index contributed by atoms with van der Waals surface area (Å²) in [5.74, 6) is -0.498. The number of ketones is 1. The van der Waals surface area contributed by atoms with E-state index in [1.165, 1.54) is 16.8 Å². The van der Waals surface area contributed by atoms with Crippen LogP contribution in [0, 0.1) is 5.82 Å². The molecule has 0 atom stereocenters. The summed E-state index contributed by atoms with van der Waals surface area (Å²) in [5.41, 5.74) is 1.95. The Morgan fingerprint density at radius 2 is 2.19 bits per heavy atom. The van der Waals surface area contributed by atoms with E-state index in [2.05, 4.69) is 5.10 Å². The second-order valence-electron chi connectivity index (χ2n) is 3.67. The van der Waals surface area contributed by atoms with E-state index in [1.807, 2.05) is 13.0 Å². The summed E-state index contributed by atoms with van der Waals surface area (Å²) >= 11 is 0. The molecule has 4 heteroatoms. The maximum absolute atomic E-state index is 13.3. The fraction of sp³-hybridized carbons (Fsp3) is 0.333. The number of aryl methyl sites for hydroxylation is 1. The van der Waals surface area contributed by atoms with Crippen molar-refractivity contribution in [2.24, 2.45) is 0 Å². The molecule has 16 heavy (non-hydrogen) atoms. The minimum absolute atomic E-state index is 0.0629. The second kappa shape index (κ2) is 4.04. The van der Waals surface area contributed by atoms with Gasteiger partial charge in [-0.25, -0.2) is 8.91 Å². The minimum Gasteiger partial charge on any atom is -0.294 e. The maximum Gasteiger partial charge on any atom is 0.164 e. The van der Waals surface area contributed by atoms with Crippen molar-refractivity contribution < 1.29 is 9.18 Å². The molecule has 0 aliphatic heterocycles. The lowest BCUT2D eigenvalue weighted by Crippen LogP contribution is -2.02. The number of hydrogen-bond donors (Lipinski definition) is 0. The molecule has 0 amide bonds. The topological polar surface area (TPSA) is 34.4 Å². The Morgan fingerprint density at radius 3 is 2.81 bits per heavy atom. The van der Waals surface area contributed by atoms with E-state index in [0.29, 0.717) is 17.5 Å². The molecule has 0 unspecified atom stereocenters. The molecule has 0 saturated heterocycles. The molecule has 0 saturated carbocycles. The van der Waals surface area contributed by atoms with Gasteiger partial charge in [-0.2, -0.15) is 5.10 Å². The predicted octanol–water partition coefficient (Wildman–Crippen LogP) is 2.63. The van der Waals surface area contributed by atoms with E-state index in [-0.39, 0.29) is 5.78 Å². The molecule has 2 heterocycles. The number of rotatable bonds is 3. The van der Waals surface area contributed by atoms with Crippen molar-refractivity contribution in [2.45, 2.75) is 26.7 Å². The predicted molar refractivity (Wildman–Crippen MR) is 59.1 cm³/mol. The zero-order valence-corrected chi connectivity index (χ0v) is 9.33. The van der Waals surface area contributed by atoms with Gasteiger partial charge in [0, 0.05) is 12.0 Å². The molecule has 0 aromatic carbocycles. The van der Waals surface area contributed by atoms with Crippen molar-refractivity contribution in [3.05, 3.63) is 35.4 Å². The van der Waals surface area contributed by atoms with Crippen LogP contribution in [0.4, 0.5) is 4.39 Å². The van der Waals surface area contributed by atoms with E-state index in [9.17, 15) is 9.18 Å². The molecule has 2 aromatic heterocycles. The number of nitrogens with zero attached hydrogens (tertiary/aromatic N) is 2. The average molecular weight is 220 g/mol. The zero-order valence-electron chi connectivity index (χ0n) is 9.33. The molecule has 2 rings (SSSR count). The Bertz CT molecular complexity index is 545. The molecule has 0 radical (unpaired) electrons. The first-order valence-electron chi connectivity index (χ1n) is 5.36. The normalized spacial score (nSPS) is 10.9. The smallest absolute Gasteiger partial charge is 0.164 e. The van der Waals surface area contributed by atoms with E-state index >= 15 is 0 Å². The Morgan fingerprint density at radius 1 is 1.44 bits per heavy atom. The highest BCUT2D eigenvalue weighted by Crippen LogP contribution is 2.16. The lowest BCUT2D eigenvalue weighted by atomic mass is 10.1. The van der Waals surface area contributed by atoms with Gasteiger partial charge in [-0.05, 0) is 18.6 Å². The lowest BCUT2D eigenvalue weighted by molar-refractivity contribution is 0.0989. The van der Waals surface area contributed by atoms with Crippen molar-refractivity contribution in [1.82, 2.24) is 9.61 Å². The molecule has 0 fully saturated rings. The van der Waals surface area contributed by atoms with E-state index in [0.717, 1.165) is 12.1 Å². The van der Waals surface area contributed by atoms with Gasteiger partial charge in [-0.1, -0.05) is 13.8 Å². The van der Waals surface area contributed by atoms with Crippen LogP contribution < -0.4 is 0 Å². The van der Waals surface area contributed by atoms with Crippen LogP contribution >= 0.6 is 0 Å². The Kier molecular flexibility index (Phi) is 2.73. The molecular weight excluding hydrogens is 207 g/mol. The average Bonchev–Trinajstić information content (AvgIpc) is 2.69. The first kappa shape index (κ1) is 10.8.